The topological polar surface area (TPSA) is 146 Å². The van der Waals surface area contributed by atoms with Gasteiger partial charge >= 0.3 is 0 Å². The molecule has 10 nitrogen and oxygen atoms in total. The summed E-state index contributed by atoms with van der Waals surface area (Å²) in [5, 5.41) is 18.0. The zero-order chi connectivity index (χ0) is 35.4. The number of carbonyl (C=O) groups is 5. The summed E-state index contributed by atoms with van der Waals surface area (Å²) in [4.78, 5) is 64.7. The molecule has 2 atom stereocenters. The molecule has 0 spiro atoms. The summed E-state index contributed by atoms with van der Waals surface area (Å²) in [6.45, 7) is 5.81. The van der Waals surface area contributed by atoms with Crippen LogP contribution in [-0.2, 0) is 36.9 Å². The van der Waals surface area contributed by atoms with Gasteiger partial charge in [0.25, 0.3) is 0 Å². The molecule has 11 heteroatoms. The molecule has 5 N–H and O–H groups in total. The molecule has 0 saturated carbocycles. The maximum Gasteiger partial charge on any atom is 0.243 e. The van der Waals surface area contributed by atoms with Crippen LogP contribution in [0.15, 0.2) is 84.9 Å². The van der Waals surface area contributed by atoms with E-state index in [1.54, 1.807) is 0 Å². The summed E-state index contributed by atoms with van der Waals surface area (Å²) in [6.07, 6.45) is 0.0370. The standard InChI is InChI=1S/C38H44ClN5O5/c1-38(2,3)44-34(46)18-17-31(42-33(45)19-20-40-35(47)23-39)37(49)43-32(22-25-15-16-26-9-4-5-11-28(26)21-25)36(48)41-24-29-13-8-12-27-10-6-7-14-30(27)29/h4-16,21,31-32H,17-20,22-24H2,1-3H3,(H,40,47)(H,41,48)(H,42,45)(H,43,49)(H,44,46)/t31-,32-/m0/s1. The van der Waals surface area contributed by atoms with Crippen LogP contribution in [0.5, 0.6) is 0 Å². The zero-order valence-electron chi connectivity index (χ0n) is 28.1. The fourth-order valence-electron chi connectivity index (χ4n) is 5.49. The zero-order valence-corrected chi connectivity index (χ0v) is 28.9. The molecule has 4 aromatic rings. The Labute approximate surface area is 291 Å². The van der Waals surface area contributed by atoms with Crippen LogP contribution in [-0.4, -0.2) is 59.6 Å². The molecule has 49 heavy (non-hydrogen) atoms. The second-order valence-corrected chi connectivity index (χ2v) is 13.3. The third-order valence-electron chi connectivity index (χ3n) is 7.84. The molecule has 0 aliphatic heterocycles. The Hall–Kier alpha value is -4.96. The number of amides is 5. The normalized spacial score (nSPS) is 12.5. The molecule has 0 aromatic heterocycles. The molecular weight excluding hydrogens is 642 g/mol. The lowest BCUT2D eigenvalue weighted by Crippen LogP contribution is -2.54. The largest absolute Gasteiger partial charge is 0.355 e. The van der Waals surface area contributed by atoms with E-state index in [1.807, 2.05) is 106 Å². The van der Waals surface area contributed by atoms with Crippen molar-refractivity contribution < 1.29 is 24.0 Å². The van der Waals surface area contributed by atoms with Gasteiger partial charge in [0.1, 0.15) is 18.0 Å². The Balaban J connectivity index is 1.54. The highest BCUT2D eigenvalue weighted by molar-refractivity contribution is 6.27. The fourth-order valence-corrected chi connectivity index (χ4v) is 5.58. The van der Waals surface area contributed by atoms with Crippen molar-refractivity contribution in [1.29, 1.82) is 0 Å². The van der Waals surface area contributed by atoms with Crippen LogP contribution in [0.25, 0.3) is 21.5 Å². The van der Waals surface area contributed by atoms with Gasteiger partial charge in [-0.05, 0) is 59.9 Å². The molecule has 0 bridgehead atoms. The maximum absolute atomic E-state index is 13.8. The van der Waals surface area contributed by atoms with Crippen molar-refractivity contribution in [3.05, 3.63) is 96.1 Å². The maximum atomic E-state index is 13.8. The van der Waals surface area contributed by atoms with Crippen molar-refractivity contribution >= 4 is 62.7 Å². The number of alkyl halides is 1. The van der Waals surface area contributed by atoms with Gasteiger partial charge in [0, 0.05) is 37.9 Å². The Morgan fingerprint density at radius 3 is 2.10 bits per heavy atom. The minimum absolute atomic E-state index is 0.00611. The minimum atomic E-state index is -1.12. The molecule has 0 radical (unpaired) electrons. The van der Waals surface area contributed by atoms with Gasteiger partial charge in [0.2, 0.25) is 29.5 Å². The van der Waals surface area contributed by atoms with Crippen molar-refractivity contribution in [3.63, 3.8) is 0 Å². The first kappa shape index (κ1) is 36.9. The van der Waals surface area contributed by atoms with E-state index in [2.05, 4.69) is 26.6 Å². The lowest BCUT2D eigenvalue weighted by Gasteiger charge is -2.25. The van der Waals surface area contributed by atoms with Gasteiger partial charge in [-0.2, -0.15) is 0 Å². The van der Waals surface area contributed by atoms with Crippen LogP contribution in [0.2, 0.25) is 0 Å². The summed E-state index contributed by atoms with van der Waals surface area (Å²) in [5.41, 5.74) is 1.29. The number of halogens is 1. The summed E-state index contributed by atoms with van der Waals surface area (Å²) in [7, 11) is 0. The number of hydrogen-bond acceptors (Lipinski definition) is 5. The van der Waals surface area contributed by atoms with E-state index in [9.17, 15) is 24.0 Å². The van der Waals surface area contributed by atoms with Crippen LogP contribution in [0.4, 0.5) is 0 Å². The molecule has 0 unspecified atom stereocenters. The molecule has 258 valence electrons. The van der Waals surface area contributed by atoms with Gasteiger partial charge in [-0.15, -0.1) is 11.6 Å². The number of rotatable bonds is 15. The number of benzene rings is 4. The Kier molecular flexibility index (Phi) is 13.1. The van der Waals surface area contributed by atoms with Gasteiger partial charge < -0.3 is 26.6 Å². The molecule has 0 aliphatic rings. The first-order valence-corrected chi connectivity index (χ1v) is 16.9. The molecule has 4 aromatic carbocycles. The smallest absolute Gasteiger partial charge is 0.243 e. The van der Waals surface area contributed by atoms with Crippen molar-refractivity contribution in [3.8, 4) is 0 Å². The monoisotopic (exact) mass is 685 g/mol. The third kappa shape index (κ3) is 11.6. The van der Waals surface area contributed by atoms with E-state index in [4.69, 9.17) is 11.6 Å². The highest BCUT2D eigenvalue weighted by Gasteiger charge is 2.28. The molecule has 0 fully saturated rings. The third-order valence-corrected chi connectivity index (χ3v) is 8.08. The van der Waals surface area contributed by atoms with Crippen LogP contribution >= 0.6 is 11.6 Å². The fraction of sp³-hybridized carbons (Fsp3) is 0.342. The first-order valence-electron chi connectivity index (χ1n) is 16.4. The lowest BCUT2D eigenvalue weighted by molar-refractivity contribution is -0.133. The van der Waals surface area contributed by atoms with Crippen LogP contribution in [0.1, 0.15) is 51.2 Å². The highest BCUT2D eigenvalue weighted by atomic mass is 35.5. The van der Waals surface area contributed by atoms with Crippen LogP contribution < -0.4 is 26.6 Å². The van der Waals surface area contributed by atoms with Crippen molar-refractivity contribution in [2.24, 2.45) is 0 Å². The minimum Gasteiger partial charge on any atom is -0.355 e. The summed E-state index contributed by atoms with van der Waals surface area (Å²) in [6, 6.07) is 25.4. The predicted octanol–water partition coefficient (Wildman–Crippen LogP) is 4.26. The number of carbonyl (C=O) groups excluding carboxylic acids is 5. The quantitative estimate of drug-likeness (QED) is 0.119. The van der Waals surface area contributed by atoms with Crippen molar-refractivity contribution in [2.45, 2.75) is 70.6 Å². The molecule has 0 saturated heterocycles. The van der Waals surface area contributed by atoms with E-state index in [1.165, 1.54) is 0 Å². The first-order chi connectivity index (χ1) is 23.4. The number of nitrogens with one attached hydrogen (secondary N) is 5. The van der Waals surface area contributed by atoms with E-state index in [-0.39, 0.29) is 50.6 Å². The van der Waals surface area contributed by atoms with E-state index in [0.29, 0.717) is 0 Å². The van der Waals surface area contributed by atoms with Gasteiger partial charge in [-0.25, -0.2) is 0 Å². The summed E-state index contributed by atoms with van der Waals surface area (Å²) in [5.74, 6) is -2.45. The van der Waals surface area contributed by atoms with Gasteiger partial charge in [-0.3, -0.25) is 24.0 Å². The van der Waals surface area contributed by atoms with Gasteiger partial charge in [-0.1, -0.05) is 84.9 Å². The Morgan fingerprint density at radius 1 is 0.673 bits per heavy atom. The average Bonchev–Trinajstić information content (AvgIpc) is 3.07. The second kappa shape index (κ2) is 17.4. The van der Waals surface area contributed by atoms with Crippen LogP contribution in [0.3, 0.4) is 0 Å². The van der Waals surface area contributed by atoms with Crippen molar-refractivity contribution in [2.75, 3.05) is 12.4 Å². The molecule has 0 heterocycles. The summed E-state index contributed by atoms with van der Waals surface area (Å²) < 4.78 is 0. The molecule has 0 aliphatic carbocycles. The highest BCUT2D eigenvalue weighted by Crippen LogP contribution is 2.19. The number of hydrogen-bond donors (Lipinski definition) is 5. The van der Waals surface area contributed by atoms with Crippen molar-refractivity contribution in [1.82, 2.24) is 26.6 Å². The molecule has 5 amide bonds. The van der Waals surface area contributed by atoms with Gasteiger partial charge in [0.15, 0.2) is 0 Å². The Bertz CT molecular complexity index is 1800. The predicted molar refractivity (Wildman–Crippen MR) is 193 cm³/mol. The SMILES string of the molecule is CC(C)(C)NC(=O)CC[C@H](NC(=O)CCNC(=O)CCl)C(=O)N[C@@H](Cc1ccc2ccccc2c1)C(=O)NCc1cccc2ccccc12. The van der Waals surface area contributed by atoms with Crippen LogP contribution in [0, 0.1) is 0 Å². The second-order valence-electron chi connectivity index (χ2n) is 13.0. The number of fused-ring (bicyclic) bond motifs is 2. The molecular formula is C38H44ClN5O5. The lowest BCUT2D eigenvalue weighted by atomic mass is 10.00. The molecule has 4 rings (SSSR count). The van der Waals surface area contributed by atoms with Gasteiger partial charge in [0.05, 0.1) is 0 Å². The Morgan fingerprint density at radius 2 is 1.37 bits per heavy atom. The average molecular weight is 686 g/mol. The summed E-state index contributed by atoms with van der Waals surface area (Å²) >= 11 is 5.52. The van der Waals surface area contributed by atoms with E-state index >= 15 is 0 Å². The van der Waals surface area contributed by atoms with E-state index in [0.717, 1.165) is 32.7 Å². The van der Waals surface area contributed by atoms with E-state index < -0.39 is 41.3 Å².